The summed E-state index contributed by atoms with van der Waals surface area (Å²) < 4.78 is 30.9. The number of halogens is 1. The van der Waals surface area contributed by atoms with Gasteiger partial charge >= 0.3 is 5.97 Å². The molecule has 0 atom stereocenters. The van der Waals surface area contributed by atoms with Crippen molar-refractivity contribution in [1.29, 1.82) is 0 Å². The number of esters is 1. The maximum atomic E-state index is 11.8. The fourth-order valence-corrected chi connectivity index (χ4v) is 3.25. The van der Waals surface area contributed by atoms with Gasteiger partial charge in [0.1, 0.15) is 0 Å². The molecular weight excluding hydrogens is 310 g/mol. The van der Waals surface area contributed by atoms with Crippen molar-refractivity contribution in [3.63, 3.8) is 0 Å². The third-order valence-corrected chi connectivity index (χ3v) is 4.52. The molecule has 0 heterocycles. The van der Waals surface area contributed by atoms with E-state index in [0.29, 0.717) is 4.47 Å². The minimum atomic E-state index is -3.61. The molecule has 1 aromatic rings. The van der Waals surface area contributed by atoms with Crippen molar-refractivity contribution in [3.8, 4) is 0 Å². The Morgan fingerprint density at radius 3 is 2.65 bits per heavy atom. The number of hydrogen-bond donors (Lipinski definition) is 1. The van der Waals surface area contributed by atoms with Crippen molar-refractivity contribution in [3.05, 3.63) is 28.2 Å². The summed E-state index contributed by atoms with van der Waals surface area (Å²) in [6.45, 7) is 1.95. The second kappa shape index (κ2) is 5.61. The van der Waals surface area contributed by atoms with E-state index in [4.69, 9.17) is 0 Å². The van der Waals surface area contributed by atoms with Crippen LogP contribution in [0.25, 0.3) is 0 Å². The van der Waals surface area contributed by atoms with Crippen molar-refractivity contribution in [2.75, 3.05) is 13.7 Å². The van der Waals surface area contributed by atoms with Crippen molar-refractivity contribution in [1.82, 2.24) is 4.72 Å². The van der Waals surface area contributed by atoms with Gasteiger partial charge in [0.2, 0.25) is 10.0 Å². The van der Waals surface area contributed by atoms with E-state index < -0.39 is 16.0 Å². The third-order valence-electron chi connectivity index (χ3n) is 1.98. The molecule has 0 aliphatic heterocycles. The summed E-state index contributed by atoms with van der Waals surface area (Å²) in [6, 6.07) is 4.26. The molecule has 94 valence electrons. The average Bonchev–Trinajstić information content (AvgIpc) is 2.28. The molecule has 0 amide bonds. The number of carbonyl (C=O) groups is 1. The number of carbonyl (C=O) groups excluding carboxylic acids is 1. The molecule has 7 heteroatoms. The molecule has 17 heavy (non-hydrogen) atoms. The predicted octanol–water partition coefficient (Wildman–Crippen LogP) is 1.53. The number of ether oxygens (including phenoxy) is 1. The van der Waals surface area contributed by atoms with E-state index in [1.807, 2.05) is 0 Å². The first-order valence-electron chi connectivity index (χ1n) is 4.80. The molecular formula is C10H12BrNO4S. The van der Waals surface area contributed by atoms with Crippen LogP contribution < -0.4 is 4.72 Å². The predicted molar refractivity (Wildman–Crippen MR) is 66.3 cm³/mol. The summed E-state index contributed by atoms with van der Waals surface area (Å²) in [6.07, 6.45) is 0. The van der Waals surface area contributed by atoms with Crippen molar-refractivity contribution in [2.24, 2.45) is 0 Å². The van der Waals surface area contributed by atoms with Crippen LogP contribution in [0.1, 0.15) is 17.3 Å². The van der Waals surface area contributed by atoms with E-state index in [0.717, 1.165) is 0 Å². The Hall–Kier alpha value is -0.920. The summed E-state index contributed by atoms with van der Waals surface area (Å²) in [4.78, 5) is 11.3. The standard InChI is InChI=1S/C10H12BrNO4S/c1-3-12-17(14,15)9-6-7(10(13)16-2)4-5-8(9)11/h4-6,12H,3H2,1-2H3. The van der Waals surface area contributed by atoms with E-state index in [-0.39, 0.29) is 17.0 Å². The zero-order chi connectivity index (χ0) is 13.1. The monoisotopic (exact) mass is 321 g/mol. The van der Waals surface area contributed by atoms with Crippen LogP contribution in [0, 0.1) is 0 Å². The van der Waals surface area contributed by atoms with Gasteiger partial charge in [-0.3, -0.25) is 0 Å². The number of rotatable bonds is 4. The Bertz CT molecular complexity index is 527. The summed E-state index contributed by atoms with van der Waals surface area (Å²) in [5.74, 6) is -0.578. The van der Waals surface area contributed by atoms with Crippen LogP contribution in [0.5, 0.6) is 0 Å². The van der Waals surface area contributed by atoms with Gasteiger partial charge in [-0.05, 0) is 34.1 Å². The Balaban J connectivity index is 3.29. The second-order valence-electron chi connectivity index (χ2n) is 3.14. The fraction of sp³-hybridized carbons (Fsp3) is 0.300. The summed E-state index contributed by atoms with van der Waals surface area (Å²) in [5, 5.41) is 0. The van der Waals surface area contributed by atoms with E-state index in [2.05, 4.69) is 25.4 Å². The van der Waals surface area contributed by atoms with Gasteiger partial charge in [-0.1, -0.05) is 6.92 Å². The van der Waals surface area contributed by atoms with Gasteiger partial charge in [0.25, 0.3) is 0 Å². The minimum absolute atomic E-state index is 0.0160. The minimum Gasteiger partial charge on any atom is -0.465 e. The summed E-state index contributed by atoms with van der Waals surface area (Å²) >= 11 is 3.14. The SMILES string of the molecule is CCNS(=O)(=O)c1cc(C(=O)OC)ccc1Br. The van der Waals surface area contributed by atoms with Gasteiger partial charge in [0.15, 0.2) is 0 Å². The molecule has 1 rings (SSSR count). The van der Waals surface area contributed by atoms with Crippen LogP contribution in [-0.2, 0) is 14.8 Å². The number of sulfonamides is 1. The Morgan fingerprint density at radius 2 is 2.12 bits per heavy atom. The largest absolute Gasteiger partial charge is 0.465 e. The van der Waals surface area contributed by atoms with Crippen LogP contribution >= 0.6 is 15.9 Å². The lowest BCUT2D eigenvalue weighted by Crippen LogP contribution is -2.23. The highest BCUT2D eigenvalue weighted by atomic mass is 79.9. The number of methoxy groups -OCH3 is 1. The van der Waals surface area contributed by atoms with Crippen molar-refractivity contribution >= 4 is 31.9 Å². The average molecular weight is 322 g/mol. The highest BCUT2D eigenvalue weighted by Gasteiger charge is 2.19. The molecule has 0 aliphatic rings. The topological polar surface area (TPSA) is 72.5 Å². The third kappa shape index (κ3) is 3.27. The maximum absolute atomic E-state index is 11.8. The highest BCUT2D eigenvalue weighted by molar-refractivity contribution is 9.10. The van der Waals surface area contributed by atoms with Crippen molar-refractivity contribution < 1.29 is 17.9 Å². The van der Waals surface area contributed by atoms with E-state index >= 15 is 0 Å². The van der Waals surface area contributed by atoms with E-state index in [1.54, 1.807) is 6.92 Å². The van der Waals surface area contributed by atoms with Gasteiger partial charge in [0, 0.05) is 11.0 Å². The smallest absolute Gasteiger partial charge is 0.337 e. The van der Waals surface area contributed by atoms with Gasteiger partial charge in [0.05, 0.1) is 17.6 Å². The number of hydrogen-bond acceptors (Lipinski definition) is 4. The first-order chi connectivity index (χ1) is 7.92. The molecule has 1 aromatic carbocycles. The molecule has 0 saturated heterocycles. The molecule has 0 saturated carbocycles. The lowest BCUT2D eigenvalue weighted by Gasteiger charge is -2.08. The zero-order valence-electron chi connectivity index (χ0n) is 9.36. The molecule has 0 fully saturated rings. The normalized spacial score (nSPS) is 11.2. The molecule has 0 radical (unpaired) electrons. The Labute approximate surface area is 108 Å². The molecule has 0 aliphatic carbocycles. The van der Waals surface area contributed by atoms with Crippen LogP contribution in [-0.4, -0.2) is 28.0 Å². The van der Waals surface area contributed by atoms with Gasteiger partial charge < -0.3 is 4.74 Å². The van der Waals surface area contributed by atoms with Crippen LogP contribution in [0.3, 0.4) is 0 Å². The quantitative estimate of drug-likeness (QED) is 0.854. The number of benzene rings is 1. The highest BCUT2D eigenvalue weighted by Crippen LogP contribution is 2.23. The zero-order valence-corrected chi connectivity index (χ0v) is 11.8. The molecule has 1 N–H and O–H groups in total. The first-order valence-corrected chi connectivity index (χ1v) is 7.07. The van der Waals surface area contributed by atoms with E-state index in [1.165, 1.54) is 25.3 Å². The summed E-state index contributed by atoms with van der Waals surface area (Å²) in [5.41, 5.74) is 0.187. The van der Waals surface area contributed by atoms with Crippen LogP contribution in [0.2, 0.25) is 0 Å². The van der Waals surface area contributed by atoms with Gasteiger partial charge in [-0.2, -0.15) is 0 Å². The maximum Gasteiger partial charge on any atom is 0.337 e. The second-order valence-corrected chi connectivity index (χ2v) is 5.73. The fourth-order valence-electron chi connectivity index (χ4n) is 1.22. The van der Waals surface area contributed by atoms with Crippen molar-refractivity contribution in [2.45, 2.75) is 11.8 Å². The first kappa shape index (κ1) is 14.1. The lowest BCUT2D eigenvalue weighted by atomic mass is 10.2. The molecule has 5 nitrogen and oxygen atoms in total. The van der Waals surface area contributed by atoms with Crippen LogP contribution in [0.4, 0.5) is 0 Å². The number of nitrogens with one attached hydrogen (secondary N) is 1. The van der Waals surface area contributed by atoms with E-state index in [9.17, 15) is 13.2 Å². The van der Waals surface area contributed by atoms with Crippen LogP contribution in [0.15, 0.2) is 27.6 Å². The van der Waals surface area contributed by atoms with Gasteiger partial charge in [-0.15, -0.1) is 0 Å². The Morgan fingerprint density at radius 1 is 1.47 bits per heavy atom. The lowest BCUT2D eigenvalue weighted by molar-refractivity contribution is 0.0600. The molecule has 0 unspecified atom stereocenters. The molecule has 0 bridgehead atoms. The summed E-state index contributed by atoms with van der Waals surface area (Å²) in [7, 11) is -2.37. The Kier molecular flexibility index (Phi) is 4.67. The molecule has 0 aromatic heterocycles. The molecule has 0 spiro atoms. The van der Waals surface area contributed by atoms with Gasteiger partial charge in [-0.25, -0.2) is 17.9 Å².